The quantitative estimate of drug-likeness (QED) is 0.186. The normalized spacial score (nSPS) is 14.2. The van der Waals surface area contributed by atoms with Crippen molar-refractivity contribution in [2.75, 3.05) is 26.2 Å². The second-order valence-corrected chi connectivity index (χ2v) is 13.5. The maximum Gasteiger partial charge on any atom is 0.416 e. The van der Waals surface area contributed by atoms with Crippen molar-refractivity contribution in [2.45, 2.75) is 45.0 Å². The van der Waals surface area contributed by atoms with Crippen LogP contribution < -0.4 is 5.32 Å². The van der Waals surface area contributed by atoms with Crippen LogP contribution >= 0.6 is 11.6 Å². The summed E-state index contributed by atoms with van der Waals surface area (Å²) in [6, 6.07) is 18.9. The van der Waals surface area contributed by atoms with Gasteiger partial charge in [0.05, 0.1) is 28.6 Å². The van der Waals surface area contributed by atoms with E-state index in [9.17, 15) is 37.1 Å². The Morgan fingerprint density at radius 3 is 1.90 bits per heavy atom. The van der Waals surface area contributed by atoms with E-state index in [-0.39, 0.29) is 54.8 Å². The highest BCUT2D eigenvalue weighted by Crippen LogP contribution is 2.33. The van der Waals surface area contributed by atoms with E-state index in [0.717, 1.165) is 12.1 Å². The number of nitrogens with one attached hydrogen (secondary N) is 1. The highest BCUT2D eigenvalue weighted by Gasteiger charge is 2.31. The van der Waals surface area contributed by atoms with Crippen molar-refractivity contribution in [2.24, 2.45) is 0 Å². The van der Waals surface area contributed by atoms with Gasteiger partial charge in [0, 0.05) is 26.2 Å². The summed E-state index contributed by atoms with van der Waals surface area (Å²) in [4.78, 5) is 43.0. The van der Waals surface area contributed by atoms with Crippen molar-refractivity contribution in [3.8, 4) is 28.0 Å². The number of benzene rings is 4. The van der Waals surface area contributed by atoms with Crippen LogP contribution in [-0.2, 0) is 15.7 Å². The van der Waals surface area contributed by atoms with Crippen molar-refractivity contribution >= 4 is 29.5 Å². The molecule has 1 atom stereocenters. The molecule has 1 aliphatic rings. The molecular formula is C38H36ClF4N3O5. The van der Waals surface area contributed by atoms with Crippen LogP contribution in [0.25, 0.3) is 22.3 Å². The molecule has 51 heavy (non-hydrogen) atoms. The molecule has 0 saturated carbocycles. The van der Waals surface area contributed by atoms with E-state index in [1.54, 1.807) is 56.0 Å². The lowest BCUT2D eigenvalue weighted by Gasteiger charge is -2.36. The molecule has 3 amide bonds. The van der Waals surface area contributed by atoms with Crippen LogP contribution in [0.2, 0.25) is 5.02 Å². The van der Waals surface area contributed by atoms with E-state index in [1.165, 1.54) is 47.4 Å². The van der Waals surface area contributed by atoms with Crippen LogP contribution in [-0.4, -0.2) is 64.6 Å². The van der Waals surface area contributed by atoms with E-state index in [2.05, 4.69) is 5.32 Å². The zero-order valence-corrected chi connectivity index (χ0v) is 28.8. The van der Waals surface area contributed by atoms with Gasteiger partial charge in [0.25, 0.3) is 5.91 Å². The van der Waals surface area contributed by atoms with Gasteiger partial charge in [-0.25, -0.2) is 9.18 Å². The number of alkyl halides is 3. The number of carbonyl (C=O) groups is 3. The molecule has 2 N–H and O–H groups in total. The van der Waals surface area contributed by atoms with E-state index >= 15 is 0 Å². The summed E-state index contributed by atoms with van der Waals surface area (Å²) in [5.41, 5.74) is 1.06. The van der Waals surface area contributed by atoms with Crippen LogP contribution in [0, 0.1) is 5.82 Å². The highest BCUT2D eigenvalue weighted by atomic mass is 35.5. The van der Waals surface area contributed by atoms with Crippen LogP contribution in [0.3, 0.4) is 0 Å². The maximum absolute atomic E-state index is 13.8. The largest absolute Gasteiger partial charge is 0.507 e. The SMILES string of the molecule is CC(C)(C)OC(=O)N1CCN(C(=O)CC(NC(=O)c2cc(-c3ccc(C(F)(F)F)cc3)ccc2O)c2ccc(-c3ccc(F)c(Cl)c3)cc2)CC1. The number of carbonyl (C=O) groups excluding carboxylic acids is 3. The Morgan fingerprint density at radius 1 is 0.804 bits per heavy atom. The Labute approximate surface area is 297 Å². The fourth-order valence-electron chi connectivity index (χ4n) is 5.59. The second-order valence-electron chi connectivity index (χ2n) is 13.1. The summed E-state index contributed by atoms with van der Waals surface area (Å²) >= 11 is 5.98. The zero-order chi connectivity index (χ0) is 37.1. The number of ether oxygens (including phenoxy) is 1. The first kappa shape index (κ1) is 37.2. The first-order chi connectivity index (χ1) is 24.0. The van der Waals surface area contributed by atoms with Crippen molar-refractivity contribution in [1.82, 2.24) is 15.1 Å². The molecule has 1 unspecified atom stereocenters. The number of phenols is 1. The Balaban J connectivity index is 1.38. The summed E-state index contributed by atoms with van der Waals surface area (Å²) in [7, 11) is 0. The lowest BCUT2D eigenvalue weighted by atomic mass is 9.97. The van der Waals surface area contributed by atoms with Gasteiger partial charge in [-0.15, -0.1) is 0 Å². The number of amides is 3. The van der Waals surface area contributed by atoms with Gasteiger partial charge in [-0.1, -0.05) is 60.1 Å². The third-order valence-electron chi connectivity index (χ3n) is 8.32. The lowest BCUT2D eigenvalue weighted by Crippen LogP contribution is -2.52. The third kappa shape index (κ3) is 9.37. The first-order valence-electron chi connectivity index (χ1n) is 16.1. The number of halogens is 5. The molecular weight excluding hydrogens is 690 g/mol. The molecule has 0 bridgehead atoms. The average molecular weight is 726 g/mol. The van der Waals surface area contributed by atoms with Crippen molar-refractivity contribution in [3.63, 3.8) is 0 Å². The zero-order valence-electron chi connectivity index (χ0n) is 28.1. The van der Waals surface area contributed by atoms with Gasteiger partial charge in [-0.3, -0.25) is 9.59 Å². The fraction of sp³-hybridized carbons (Fsp3) is 0.289. The van der Waals surface area contributed by atoms with Crippen LogP contribution in [0.15, 0.2) is 84.9 Å². The minimum absolute atomic E-state index is 0.0441. The van der Waals surface area contributed by atoms with E-state index in [4.69, 9.17) is 16.3 Å². The molecule has 0 aromatic heterocycles. The fourth-order valence-corrected chi connectivity index (χ4v) is 5.77. The molecule has 4 aromatic rings. The molecule has 8 nitrogen and oxygen atoms in total. The molecule has 268 valence electrons. The van der Waals surface area contributed by atoms with Crippen molar-refractivity contribution in [3.05, 3.63) is 112 Å². The van der Waals surface area contributed by atoms with Crippen LogP contribution in [0.1, 0.15) is 54.7 Å². The topological polar surface area (TPSA) is 99.2 Å². The Morgan fingerprint density at radius 2 is 1.33 bits per heavy atom. The van der Waals surface area contributed by atoms with Gasteiger partial charge in [-0.2, -0.15) is 13.2 Å². The van der Waals surface area contributed by atoms with Crippen molar-refractivity contribution in [1.29, 1.82) is 0 Å². The average Bonchev–Trinajstić information content (AvgIpc) is 3.08. The first-order valence-corrected chi connectivity index (χ1v) is 16.5. The molecule has 0 spiro atoms. The van der Waals surface area contributed by atoms with E-state index in [1.807, 2.05) is 0 Å². The molecule has 0 aliphatic carbocycles. The third-order valence-corrected chi connectivity index (χ3v) is 8.61. The Kier molecular flexibility index (Phi) is 10.9. The molecule has 0 radical (unpaired) electrons. The number of nitrogens with zero attached hydrogens (tertiary/aromatic N) is 2. The summed E-state index contributed by atoms with van der Waals surface area (Å²) in [6.07, 6.45) is -5.15. The Bertz CT molecular complexity index is 1900. The standard InChI is InChI=1S/C38H36ClF4N3O5/c1-37(2,3)51-36(50)46-18-16-45(17-19-46)34(48)22-32(25-6-4-23(5-7-25)27-10-14-31(40)30(39)21-27)44-35(49)29-20-26(11-15-33(29)47)24-8-12-28(13-9-24)38(41,42)43/h4-15,20-21,32,47H,16-19,22H2,1-3H3,(H,44,49). The molecule has 1 aliphatic heterocycles. The van der Waals surface area contributed by atoms with Gasteiger partial charge >= 0.3 is 12.3 Å². The predicted molar refractivity (Wildman–Crippen MR) is 185 cm³/mol. The lowest BCUT2D eigenvalue weighted by molar-refractivity contribution is -0.137. The minimum Gasteiger partial charge on any atom is -0.507 e. The Hall–Kier alpha value is -5.10. The van der Waals surface area contributed by atoms with Gasteiger partial charge in [-0.05, 0) is 85.0 Å². The summed E-state index contributed by atoms with van der Waals surface area (Å²) < 4.78 is 58.5. The summed E-state index contributed by atoms with van der Waals surface area (Å²) in [6.45, 7) is 6.33. The van der Waals surface area contributed by atoms with Crippen LogP contribution in [0.4, 0.5) is 22.4 Å². The predicted octanol–water partition coefficient (Wildman–Crippen LogP) is 8.48. The van der Waals surface area contributed by atoms with E-state index < -0.39 is 41.2 Å². The van der Waals surface area contributed by atoms with Crippen LogP contribution in [0.5, 0.6) is 5.75 Å². The number of hydrogen-bond acceptors (Lipinski definition) is 5. The number of piperazine rings is 1. The number of phenolic OH excluding ortho intramolecular Hbond substituents is 1. The molecule has 1 saturated heterocycles. The van der Waals surface area contributed by atoms with Crippen molar-refractivity contribution < 1.29 is 41.8 Å². The number of hydrogen-bond donors (Lipinski definition) is 2. The minimum atomic E-state index is -4.51. The van der Waals surface area contributed by atoms with Gasteiger partial charge in [0.1, 0.15) is 17.2 Å². The van der Waals surface area contributed by atoms with Gasteiger partial charge in [0.2, 0.25) is 5.91 Å². The summed E-state index contributed by atoms with van der Waals surface area (Å²) in [5.74, 6) is -1.93. The molecule has 13 heteroatoms. The molecule has 1 heterocycles. The molecule has 4 aromatic carbocycles. The number of rotatable bonds is 7. The monoisotopic (exact) mass is 725 g/mol. The number of aromatic hydroxyl groups is 1. The van der Waals surface area contributed by atoms with Gasteiger partial charge in [0.15, 0.2) is 0 Å². The van der Waals surface area contributed by atoms with Gasteiger partial charge < -0.3 is 25.0 Å². The smallest absolute Gasteiger partial charge is 0.416 e. The highest BCUT2D eigenvalue weighted by molar-refractivity contribution is 6.31. The second kappa shape index (κ2) is 15.0. The maximum atomic E-state index is 13.8. The molecule has 5 rings (SSSR count). The summed E-state index contributed by atoms with van der Waals surface area (Å²) in [5, 5.41) is 13.5. The van der Waals surface area contributed by atoms with E-state index in [0.29, 0.717) is 27.8 Å². The molecule has 1 fully saturated rings.